The molecule has 9 rings (SSSR count). The van der Waals surface area contributed by atoms with E-state index >= 15 is 0 Å². The summed E-state index contributed by atoms with van der Waals surface area (Å²) in [4.78, 5) is 30.8. The third-order valence-corrected chi connectivity index (χ3v) is 13.1. The Balaban J connectivity index is 1.29. The summed E-state index contributed by atoms with van der Waals surface area (Å²) in [5.74, 6) is 0.0155. The zero-order valence-corrected chi connectivity index (χ0v) is 36.2. The highest BCUT2D eigenvalue weighted by atomic mass is 35.5. The summed E-state index contributed by atoms with van der Waals surface area (Å²) in [5.41, 5.74) is 12.9. The molecule has 0 spiro atoms. The Morgan fingerprint density at radius 3 is 2.16 bits per heavy atom. The van der Waals surface area contributed by atoms with Crippen LogP contribution in [0.1, 0.15) is 106 Å². The summed E-state index contributed by atoms with van der Waals surface area (Å²) >= 11 is 6.99. The molecule has 6 aromatic rings. The van der Waals surface area contributed by atoms with E-state index in [1.54, 1.807) is 0 Å². The van der Waals surface area contributed by atoms with Crippen LogP contribution in [0.2, 0.25) is 5.02 Å². The van der Waals surface area contributed by atoms with E-state index in [9.17, 15) is 9.59 Å². The first kappa shape index (κ1) is 40.2. The van der Waals surface area contributed by atoms with Gasteiger partial charge in [0.1, 0.15) is 0 Å². The molecule has 0 radical (unpaired) electrons. The maximum atomic E-state index is 14.7. The quantitative estimate of drug-likeness (QED) is 0.143. The van der Waals surface area contributed by atoms with Gasteiger partial charge in [0.2, 0.25) is 5.91 Å². The molecule has 1 atom stereocenters. The monoisotopic (exact) mass is 821 g/mol. The van der Waals surface area contributed by atoms with Crippen molar-refractivity contribution < 1.29 is 9.59 Å². The van der Waals surface area contributed by atoms with Gasteiger partial charge in [-0.2, -0.15) is 0 Å². The highest BCUT2D eigenvalue weighted by Gasteiger charge is 2.42. The van der Waals surface area contributed by atoms with Crippen molar-refractivity contribution in [3.8, 4) is 11.1 Å². The molecule has 0 saturated carbocycles. The number of anilines is 3. The summed E-state index contributed by atoms with van der Waals surface area (Å²) in [5, 5.41) is 8.19. The maximum Gasteiger partial charge on any atom is 0.227 e. The van der Waals surface area contributed by atoms with Crippen molar-refractivity contribution in [1.29, 1.82) is 0 Å². The standard InChI is InChI=1S/C55H52ClN3O2/c1-5-6-30-50(61)59-48-28-16-25-43(52(48)57-46-27-17-29-49(60)51(46)53(59)44-24-13-14-26-45(44)56)37-18-15-23-40(33-37)55(38-19-9-7-10-20-38,39-21-11-8-12-22-39)41-31-32-42-36(2)35-54(3,4)58-47(42)34-41/h7-16,18-26,28,31-35,53,57-58H,5-6,17,27,29-30H2,1-4H3/t53-/m1/s1. The van der Waals surface area contributed by atoms with Gasteiger partial charge in [-0.05, 0) is 103 Å². The van der Waals surface area contributed by atoms with Crippen LogP contribution in [0.15, 0.2) is 163 Å². The second-order valence-electron chi connectivity index (χ2n) is 17.3. The number of hydrogen-bond acceptors (Lipinski definition) is 4. The lowest BCUT2D eigenvalue weighted by molar-refractivity contribution is -0.119. The predicted molar refractivity (Wildman–Crippen MR) is 252 cm³/mol. The number of ketones is 1. The van der Waals surface area contributed by atoms with E-state index < -0.39 is 11.5 Å². The molecule has 0 bridgehead atoms. The average molecular weight is 822 g/mol. The summed E-state index contributed by atoms with van der Waals surface area (Å²) in [7, 11) is 0. The second kappa shape index (κ2) is 16.4. The molecule has 1 aliphatic carbocycles. The van der Waals surface area contributed by atoms with Crippen LogP contribution in [-0.2, 0) is 15.0 Å². The molecule has 1 amide bonds. The number of amides is 1. The lowest BCUT2D eigenvalue weighted by atomic mass is 9.64. The fourth-order valence-corrected chi connectivity index (χ4v) is 10.3. The molecule has 61 heavy (non-hydrogen) atoms. The Kier molecular flexibility index (Phi) is 10.8. The number of rotatable bonds is 9. The van der Waals surface area contributed by atoms with Crippen LogP contribution < -0.4 is 15.5 Å². The molecule has 6 aromatic carbocycles. The Hall–Kier alpha value is -6.17. The molecule has 2 heterocycles. The van der Waals surface area contributed by atoms with Gasteiger partial charge in [0, 0.05) is 45.9 Å². The van der Waals surface area contributed by atoms with Crippen molar-refractivity contribution >= 4 is 45.9 Å². The lowest BCUT2D eigenvalue weighted by Gasteiger charge is -2.39. The first-order chi connectivity index (χ1) is 29.6. The van der Waals surface area contributed by atoms with Crippen molar-refractivity contribution in [3.05, 3.63) is 201 Å². The number of para-hydroxylation sites is 1. The largest absolute Gasteiger partial charge is 0.376 e. The van der Waals surface area contributed by atoms with Gasteiger partial charge in [-0.15, -0.1) is 0 Å². The van der Waals surface area contributed by atoms with E-state index in [-0.39, 0.29) is 17.2 Å². The molecule has 0 aromatic heterocycles. The van der Waals surface area contributed by atoms with Crippen LogP contribution in [0.4, 0.5) is 17.1 Å². The maximum absolute atomic E-state index is 14.7. The Morgan fingerprint density at radius 1 is 0.770 bits per heavy atom. The zero-order chi connectivity index (χ0) is 42.3. The minimum absolute atomic E-state index is 0.0331. The molecule has 2 N–H and O–H groups in total. The van der Waals surface area contributed by atoms with Crippen LogP contribution in [0, 0.1) is 0 Å². The number of unbranched alkanes of at least 4 members (excludes halogenated alkanes) is 1. The number of hydrogen-bond donors (Lipinski definition) is 2. The third kappa shape index (κ3) is 7.19. The second-order valence-corrected chi connectivity index (χ2v) is 17.7. The zero-order valence-electron chi connectivity index (χ0n) is 35.4. The van der Waals surface area contributed by atoms with Crippen molar-refractivity contribution in [2.24, 2.45) is 0 Å². The number of halogens is 1. The number of nitrogens with one attached hydrogen (secondary N) is 2. The van der Waals surface area contributed by atoms with Crippen molar-refractivity contribution in [3.63, 3.8) is 0 Å². The topological polar surface area (TPSA) is 61.4 Å². The molecule has 0 fully saturated rings. The number of carbonyl (C=O) groups excluding carboxylic acids is 2. The number of carbonyl (C=O) groups is 2. The van der Waals surface area contributed by atoms with Crippen LogP contribution in [0.25, 0.3) is 16.7 Å². The number of allylic oxidation sites excluding steroid dienone is 2. The molecular formula is C55H52ClN3O2. The van der Waals surface area contributed by atoms with Crippen molar-refractivity contribution in [2.75, 3.05) is 15.5 Å². The molecule has 0 unspecified atom stereocenters. The van der Waals surface area contributed by atoms with Gasteiger partial charge < -0.3 is 10.6 Å². The highest BCUT2D eigenvalue weighted by molar-refractivity contribution is 6.31. The fourth-order valence-electron chi connectivity index (χ4n) is 10.1. The first-order valence-corrected chi connectivity index (χ1v) is 22.1. The average Bonchev–Trinajstić information content (AvgIpc) is 3.42. The summed E-state index contributed by atoms with van der Waals surface area (Å²) in [6.45, 7) is 8.72. The smallest absolute Gasteiger partial charge is 0.227 e. The van der Waals surface area contributed by atoms with Gasteiger partial charge in [0.15, 0.2) is 5.78 Å². The van der Waals surface area contributed by atoms with E-state index in [0.29, 0.717) is 29.9 Å². The molecular weight excluding hydrogens is 770 g/mol. The van der Waals surface area contributed by atoms with E-state index in [4.69, 9.17) is 11.6 Å². The van der Waals surface area contributed by atoms with Crippen LogP contribution in [0.5, 0.6) is 0 Å². The molecule has 306 valence electrons. The van der Waals surface area contributed by atoms with E-state index in [1.165, 1.54) is 11.1 Å². The van der Waals surface area contributed by atoms with E-state index in [2.05, 4.69) is 154 Å². The van der Waals surface area contributed by atoms with Gasteiger partial charge in [-0.3, -0.25) is 14.5 Å². The predicted octanol–water partition coefficient (Wildman–Crippen LogP) is 13.7. The summed E-state index contributed by atoms with van der Waals surface area (Å²) < 4.78 is 0. The van der Waals surface area contributed by atoms with Crippen LogP contribution in [-0.4, -0.2) is 17.2 Å². The van der Waals surface area contributed by atoms with Gasteiger partial charge >= 0.3 is 0 Å². The summed E-state index contributed by atoms with van der Waals surface area (Å²) in [6.07, 6.45) is 6.11. The number of benzene rings is 6. The Morgan fingerprint density at radius 2 is 1.44 bits per heavy atom. The van der Waals surface area contributed by atoms with Crippen molar-refractivity contribution in [2.45, 2.75) is 83.2 Å². The van der Waals surface area contributed by atoms with Crippen LogP contribution >= 0.6 is 11.6 Å². The van der Waals surface area contributed by atoms with Gasteiger partial charge in [0.05, 0.1) is 28.4 Å². The highest BCUT2D eigenvalue weighted by Crippen LogP contribution is 2.52. The van der Waals surface area contributed by atoms with Crippen molar-refractivity contribution in [1.82, 2.24) is 0 Å². The fraction of sp³-hybridized carbons (Fsp3) is 0.236. The van der Waals surface area contributed by atoms with E-state index in [1.807, 2.05) is 41.3 Å². The Bertz CT molecular complexity index is 2680. The normalized spacial score (nSPS) is 16.9. The lowest BCUT2D eigenvalue weighted by Crippen LogP contribution is -2.38. The summed E-state index contributed by atoms with van der Waals surface area (Å²) in [6, 6.07) is 50.5. The number of Topliss-reactive ketones (excluding diaryl/α,β-unsaturated/α-hetero) is 1. The minimum Gasteiger partial charge on any atom is -0.376 e. The van der Waals surface area contributed by atoms with Gasteiger partial charge in [0.25, 0.3) is 0 Å². The molecule has 5 nitrogen and oxygen atoms in total. The minimum atomic E-state index is -0.712. The van der Waals surface area contributed by atoms with Crippen LogP contribution in [0.3, 0.4) is 0 Å². The Labute approximate surface area is 365 Å². The number of fused-ring (bicyclic) bond motifs is 2. The number of nitrogens with zero attached hydrogens (tertiary/aromatic N) is 1. The molecule has 0 saturated heterocycles. The SMILES string of the molecule is CCCCC(=O)N1c2cccc(-c3cccc(C(c4ccccc4)(c4ccccc4)c4ccc5c(c4)NC(C)(C)C=C5C)c3)c2NC2=C(C(=O)CCC2)[C@H]1c1ccccc1Cl. The van der Waals surface area contributed by atoms with Gasteiger partial charge in [-0.25, -0.2) is 0 Å². The van der Waals surface area contributed by atoms with Gasteiger partial charge in [-0.1, -0.05) is 152 Å². The van der Waals surface area contributed by atoms with E-state index in [0.717, 1.165) is 81.0 Å². The molecule has 2 aliphatic heterocycles. The first-order valence-electron chi connectivity index (χ1n) is 21.7. The third-order valence-electron chi connectivity index (χ3n) is 12.7. The molecule has 6 heteroatoms. The molecule has 3 aliphatic rings.